The fraction of sp³-hybridized carbons (Fsp3) is 0.296. The Balaban J connectivity index is 1.39. The number of aliphatic imine (C=N–C) groups is 1. The number of aryl methyl sites for hydroxylation is 1. The van der Waals surface area contributed by atoms with Gasteiger partial charge in [0.2, 0.25) is 0 Å². The van der Waals surface area contributed by atoms with Gasteiger partial charge >= 0.3 is 0 Å². The Bertz CT molecular complexity index is 1370. The lowest BCUT2D eigenvalue weighted by Gasteiger charge is -2.36. The lowest BCUT2D eigenvalue weighted by atomic mass is 10.00. The quantitative estimate of drug-likeness (QED) is 0.626. The van der Waals surface area contributed by atoms with Gasteiger partial charge in [-0.25, -0.2) is 9.97 Å². The molecule has 8 heteroatoms. The molecule has 0 radical (unpaired) electrons. The van der Waals surface area contributed by atoms with Crippen LogP contribution < -0.4 is 10.2 Å². The van der Waals surface area contributed by atoms with E-state index in [-0.39, 0.29) is 18.1 Å². The number of carbonyl (C=O) groups is 1. The number of hydrogen-bond acceptors (Lipinski definition) is 7. The van der Waals surface area contributed by atoms with E-state index >= 15 is 0 Å². The van der Waals surface area contributed by atoms with E-state index in [1.807, 2.05) is 36.5 Å². The van der Waals surface area contributed by atoms with Gasteiger partial charge in [0.25, 0.3) is 5.91 Å². The zero-order valence-corrected chi connectivity index (χ0v) is 19.9. The van der Waals surface area contributed by atoms with Crippen LogP contribution in [0.3, 0.4) is 0 Å². The first-order valence-electron chi connectivity index (χ1n) is 11.6. The van der Waals surface area contributed by atoms with Crippen LogP contribution >= 0.6 is 0 Å². The first-order chi connectivity index (χ1) is 16.9. The summed E-state index contributed by atoms with van der Waals surface area (Å²) in [6.07, 6.45) is 3.52. The molecule has 8 nitrogen and oxygen atoms in total. The lowest BCUT2D eigenvalue weighted by molar-refractivity contribution is -0.00546. The van der Waals surface area contributed by atoms with Gasteiger partial charge in [-0.05, 0) is 62.2 Å². The molecule has 2 aliphatic heterocycles. The van der Waals surface area contributed by atoms with E-state index in [4.69, 9.17) is 15.0 Å². The number of anilines is 2. The number of benzene rings is 1. The largest absolute Gasteiger partial charge is 0.372 e. The zero-order valence-electron chi connectivity index (χ0n) is 19.9. The predicted molar refractivity (Wildman–Crippen MR) is 134 cm³/mol. The average Bonchev–Trinajstić information content (AvgIpc) is 3.26. The first-order valence-corrected chi connectivity index (χ1v) is 11.6. The topological polar surface area (TPSA) is 104 Å². The van der Waals surface area contributed by atoms with E-state index in [1.54, 1.807) is 13.0 Å². The summed E-state index contributed by atoms with van der Waals surface area (Å²) in [5.74, 6) is 0.595. The minimum Gasteiger partial charge on any atom is -0.372 e. The maximum Gasteiger partial charge on any atom is 0.274 e. The molecule has 5 rings (SSSR count). The van der Waals surface area contributed by atoms with E-state index < -0.39 is 0 Å². The van der Waals surface area contributed by atoms with Gasteiger partial charge in [-0.2, -0.15) is 5.26 Å². The van der Waals surface area contributed by atoms with Crippen LogP contribution in [0.15, 0.2) is 53.8 Å². The number of morpholine rings is 1. The molecule has 0 saturated carbocycles. The number of nitriles is 1. The third-order valence-corrected chi connectivity index (χ3v) is 6.22. The van der Waals surface area contributed by atoms with Crippen molar-refractivity contribution in [2.24, 2.45) is 4.99 Å². The summed E-state index contributed by atoms with van der Waals surface area (Å²) in [4.78, 5) is 28.7. The number of carbonyl (C=O) groups excluding carboxylic acids is 1. The minimum absolute atomic E-state index is 0.147. The maximum absolute atomic E-state index is 12.8. The number of nitrogens with one attached hydrogen (secondary N) is 1. The Labute approximate surface area is 204 Å². The second-order valence-corrected chi connectivity index (χ2v) is 9.06. The summed E-state index contributed by atoms with van der Waals surface area (Å²) >= 11 is 0. The van der Waals surface area contributed by atoms with Crippen LogP contribution in [-0.2, 0) is 11.3 Å². The monoisotopic (exact) mass is 466 g/mol. The molecule has 0 unspecified atom stereocenters. The number of aromatic nitrogens is 2. The Morgan fingerprint density at radius 2 is 1.94 bits per heavy atom. The molecule has 0 spiro atoms. The number of rotatable bonds is 4. The molecule has 4 heterocycles. The standard InChI is InChI=1S/C27H26N6O2/c1-16-8-19(11-28)12-30-25(16)27(34)32-22-5-4-21-13-31-26(23(21)10-22)20-6-7-29-24(9-20)33-14-17(2)35-18(3)15-33/h4-10,12,17-18H,13-15H2,1-3H3,(H,32,34)/t17-,18+. The highest BCUT2D eigenvalue weighted by Gasteiger charge is 2.25. The molecule has 0 aliphatic carbocycles. The summed E-state index contributed by atoms with van der Waals surface area (Å²) in [7, 11) is 0. The zero-order chi connectivity index (χ0) is 24.5. The number of pyridine rings is 2. The van der Waals surface area contributed by atoms with Gasteiger partial charge in [0.1, 0.15) is 17.6 Å². The van der Waals surface area contributed by atoms with Gasteiger partial charge in [0.05, 0.1) is 30.0 Å². The molecule has 2 aromatic heterocycles. The van der Waals surface area contributed by atoms with Crippen molar-refractivity contribution in [2.45, 2.75) is 39.5 Å². The van der Waals surface area contributed by atoms with Gasteiger partial charge in [-0.1, -0.05) is 6.07 Å². The van der Waals surface area contributed by atoms with Gasteiger partial charge in [0, 0.05) is 42.3 Å². The molecule has 0 bridgehead atoms. The fourth-order valence-electron chi connectivity index (χ4n) is 4.68. The van der Waals surface area contributed by atoms with Crippen molar-refractivity contribution in [3.05, 3.63) is 82.3 Å². The number of hydrogen-bond donors (Lipinski definition) is 1. The van der Waals surface area contributed by atoms with Crippen molar-refractivity contribution in [3.8, 4) is 6.07 Å². The Kier molecular flexibility index (Phi) is 6.01. The molecule has 2 atom stereocenters. The lowest BCUT2D eigenvalue weighted by Crippen LogP contribution is -2.45. The summed E-state index contributed by atoms with van der Waals surface area (Å²) in [5, 5.41) is 12.0. The van der Waals surface area contributed by atoms with Crippen LogP contribution in [0.2, 0.25) is 0 Å². The van der Waals surface area contributed by atoms with Crippen molar-refractivity contribution < 1.29 is 9.53 Å². The number of fused-ring (bicyclic) bond motifs is 1. The van der Waals surface area contributed by atoms with Crippen LogP contribution in [0.5, 0.6) is 0 Å². The van der Waals surface area contributed by atoms with Crippen molar-refractivity contribution in [3.63, 3.8) is 0 Å². The van der Waals surface area contributed by atoms with Crippen LogP contribution in [0.4, 0.5) is 11.5 Å². The highest BCUT2D eigenvalue weighted by molar-refractivity contribution is 6.16. The number of nitrogens with zero attached hydrogens (tertiary/aromatic N) is 5. The van der Waals surface area contributed by atoms with Crippen molar-refractivity contribution in [2.75, 3.05) is 23.3 Å². The molecule has 176 valence electrons. The fourth-order valence-corrected chi connectivity index (χ4v) is 4.68. The third kappa shape index (κ3) is 4.63. The molecule has 2 aliphatic rings. The average molecular weight is 467 g/mol. The molecule has 1 fully saturated rings. The number of ether oxygens (including phenoxy) is 1. The molecule has 35 heavy (non-hydrogen) atoms. The molecule has 1 saturated heterocycles. The molecule has 1 amide bonds. The van der Waals surface area contributed by atoms with Crippen LogP contribution in [0.25, 0.3) is 0 Å². The summed E-state index contributed by atoms with van der Waals surface area (Å²) < 4.78 is 5.86. The highest BCUT2D eigenvalue weighted by atomic mass is 16.5. The van der Waals surface area contributed by atoms with E-state index in [1.165, 1.54) is 6.20 Å². The molecule has 1 N–H and O–H groups in total. The Morgan fingerprint density at radius 1 is 1.14 bits per heavy atom. The van der Waals surface area contributed by atoms with Crippen LogP contribution in [-0.4, -0.2) is 46.9 Å². The number of amides is 1. The SMILES string of the molecule is Cc1cc(C#N)cnc1C(=O)Nc1ccc2c(c1)C(c1ccnc(N3C[C@@H](C)O[C@@H](C)C3)c1)=NC2. The summed E-state index contributed by atoms with van der Waals surface area (Å²) in [6, 6.07) is 13.6. The van der Waals surface area contributed by atoms with Crippen molar-refractivity contribution in [1.82, 2.24) is 9.97 Å². The predicted octanol–water partition coefficient (Wildman–Crippen LogP) is 3.87. The van der Waals surface area contributed by atoms with Crippen molar-refractivity contribution >= 4 is 23.1 Å². The summed E-state index contributed by atoms with van der Waals surface area (Å²) in [6.45, 7) is 8.11. The van der Waals surface area contributed by atoms with Crippen molar-refractivity contribution in [1.29, 1.82) is 5.26 Å². The van der Waals surface area contributed by atoms with Gasteiger partial charge in [-0.3, -0.25) is 9.79 Å². The normalized spacial score (nSPS) is 19.0. The molecular weight excluding hydrogens is 440 g/mol. The van der Waals surface area contributed by atoms with Crippen LogP contribution in [0, 0.1) is 18.3 Å². The minimum atomic E-state index is -0.315. The Morgan fingerprint density at radius 3 is 2.69 bits per heavy atom. The van der Waals surface area contributed by atoms with E-state index in [0.717, 1.165) is 41.3 Å². The van der Waals surface area contributed by atoms with Gasteiger partial charge < -0.3 is 15.0 Å². The van der Waals surface area contributed by atoms with E-state index in [2.05, 4.69) is 40.1 Å². The first kappa shape index (κ1) is 22.7. The maximum atomic E-state index is 12.8. The second-order valence-electron chi connectivity index (χ2n) is 9.06. The summed E-state index contributed by atoms with van der Waals surface area (Å²) in [5.41, 5.74) is 6.03. The smallest absolute Gasteiger partial charge is 0.274 e. The second kappa shape index (κ2) is 9.28. The van der Waals surface area contributed by atoms with Crippen LogP contribution in [0.1, 0.15) is 52.2 Å². The molecule has 1 aromatic carbocycles. The highest BCUT2D eigenvalue weighted by Crippen LogP contribution is 2.28. The van der Waals surface area contributed by atoms with Gasteiger partial charge in [0.15, 0.2) is 0 Å². The molecule has 3 aromatic rings. The van der Waals surface area contributed by atoms with E-state index in [0.29, 0.717) is 29.1 Å². The third-order valence-electron chi connectivity index (χ3n) is 6.22. The van der Waals surface area contributed by atoms with Gasteiger partial charge in [-0.15, -0.1) is 0 Å². The molecular formula is C27H26N6O2. The Hall–Kier alpha value is -4.09. The van der Waals surface area contributed by atoms with E-state index in [9.17, 15) is 4.79 Å².